The monoisotopic (exact) mass is 436 g/mol. The zero-order valence-corrected chi connectivity index (χ0v) is 16.4. The SMILES string of the molecule is Fc1cnccc1N1C[C@H]2CC[C@@H](C1)C2Nc1nc2c(OCC(F)(F)F)cccn2n1. The lowest BCUT2D eigenvalue weighted by Gasteiger charge is -2.39. The Morgan fingerprint density at radius 2 is 1.94 bits per heavy atom. The molecule has 2 fully saturated rings. The van der Waals surface area contributed by atoms with E-state index in [1.54, 1.807) is 24.5 Å². The van der Waals surface area contributed by atoms with Gasteiger partial charge in [-0.15, -0.1) is 5.10 Å². The van der Waals surface area contributed by atoms with Crippen LogP contribution in [0.3, 0.4) is 0 Å². The molecule has 7 nitrogen and oxygen atoms in total. The number of fused-ring (bicyclic) bond motifs is 3. The Hall–Kier alpha value is -3.11. The third-order valence-electron chi connectivity index (χ3n) is 5.94. The van der Waals surface area contributed by atoms with Crippen molar-refractivity contribution >= 4 is 17.3 Å². The average molecular weight is 436 g/mol. The molecule has 1 aliphatic carbocycles. The molecule has 2 aliphatic rings. The van der Waals surface area contributed by atoms with E-state index in [9.17, 15) is 17.6 Å². The number of rotatable bonds is 5. The standard InChI is InChI=1S/C20H20F4N6O/c21-14-8-25-6-5-15(14)29-9-12-3-4-13(10-29)17(12)26-19-27-18-16(31-11-20(22,23)24)2-1-7-30(18)28-19/h1-2,5-8,12-13,17H,3-4,9-11H2,(H,26,28)/t12-,13+,17?. The van der Waals surface area contributed by atoms with Gasteiger partial charge in [0.25, 0.3) is 0 Å². The summed E-state index contributed by atoms with van der Waals surface area (Å²) in [4.78, 5) is 10.2. The molecule has 1 saturated carbocycles. The molecule has 1 unspecified atom stereocenters. The van der Waals surface area contributed by atoms with E-state index in [-0.39, 0.29) is 35.1 Å². The number of halogens is 4. The Labute approximate surface area is 175 Å². The van der Waals surface area contributed by atoms with Crippen LogP contribution in [0.4, 0.5) is 29.2 Å². The van der Waals surface area contributed by atoms with E-state index in [0.29, 0.717) is 24.7 Å². The van der Waals surface area contributed by atoms with Crippen molar-refractivity contribution in [3.05, 3.63) is 42.6 Å². The molecule has 11 heteroatoms. The fraction of sp³-hybridized carbons (Fsp3) is 0.450. The van der Waals surface area contributed by atoms with Crippen LogP contribution in [0.1, 0.15) is 12.8 Å². The topological polar surface area (TPSA) is 67.6 Å². The summed E-state index contributed by atoms with van der Waals surface area (Å²) in [5, 5.41) is 7.72. The first kappa shape index (κ1) is 19.8. The van der Waals surface area contributed by atoms with Crippen LogP contribution in [0.5, 0.6) is 5.75 Å². The van der Waals surface area contributed by atoms with Crippen molar-refractivity contribution in [1.82, 2.24) is 19.6 Å². The number of hydrogen-bond donors (Lipinski definition) is 1. The second kappa shape index (κ2) is 7.54. The van der Waals surface area contributed by atoms with Crippen molar-refractivity contribution < 1.29 is 22.3 Å². The molecule has 3 aromatic rings. The van der Waals surface area contributed by atoms with Gasteiger partial charge < -0.3 is 15.0 Å². The second-order valence-corrected chi connectivity index (χ2v) is 7.98. The highest BCUT2D eigenvalue weighted by Gasteiger charge is 2.43. The molecule has 1 saturated heterocycles. The van der Waals surface area contributed by atoms with Crippen LogP contribution in [0.2, 0.25) is 0 Å². The normalized spacial score (nSPS) is 23.4. The molecule has 0 aromatic carbocycles. The summed E-state index contributed by atoms with van der Waals surface area (Å²) in [6.07, 6.45) is 1.98. The Morgan fingerprint density at radius 3 is 2.65 bits per heavy atom. The summed E-state index contributed by atoms with van der Waals surface area (Å²) < 4.78 is 58.0. The third-order valence-corrected chi connectivity index (χ3v) is 5.94. The van der Waals surface area contributed by atoms with Crippen molar-refractivity contribution in [1.29, 1.82) is 0 Å². The van der Waals surface area contributed by atoms with Crippen molar-refractivity contribution in [2.24, 2.45) is 11.8 Å². The van der Waals surface area contributed by atoms with E-state index in [1.165, 1.54) is 16.8 Å². The largest absolute Gasteiger partial charge is 0.480 e. The first-order valence-electron chi connectivity index (χ1n) is 10.0. The number of hydrogen-bond acceptors (Lipinski definition) is 6. The molecule has 0 radical (unpaired) electrons. The van der Waals surface area contributed by atoms with E-state index >= 15 is 0 Å². The van der Waals surface area contributed by atoms with E-state index in [4.69, 9.17) is 4.74 Å². The summed E-state index contributed by atoms with van der Waals surface area (Å²) >= 11 is 0. The van der Waals surface area contributed by atoms with Crippen LogP contribution in [-0.2, 0) is 0 Å². The summed E-state index contributed by atoms with van der Waals surface area (Å²) in [5.74, 6) is 0.583. The van der Waals surface area contributed by atoms with E-state index in [0.717, 1.165) is 12.8 Å². The van der Waals surface area contributed by atoms with Crippen LogP contribution in [0.15, 0.2) is 36.8 Å². The minimum Gasteiger partial charge on any atom is -0.480 e. The average Bonchev–Trinajstić information content (AvgIpc) is 3.23. The van der Waals surface area contributed by atoms with Gasteiger partial charge in [-0.05, 0) is 42.9 Å². The molecule has 4 heterocycles. The Kier molecular flexibility index (Phi) is 4.82. The number of piperidine rings is 1. The maximum absolute atomic E-state index is 14.2. The van der Waals surface area contributed by atoms with Crippen molar-refractivity contribution in [2.45, 2.75) is 25.1 Å². The lowest BCUT2D eigenvalue weighted by atomic mass is 9.92. The van der Waals surface area contributed by atoms with Crippen LogP contribution in [0.25, 0.3) is 5.65 Å². The van der Waals surface area contributed by atoms with Crippen molar-refractivity contribution in [3.63, 3.8) is 0 Å². The van der Waals surface area contributed by atoms with Gasteiger partial charge in [-0.1, -0.05) is 0 Å². The number of anilines is 2. The first-order valence-corrected chi connectivity index (χ1v) is 10.0. The van der Waals surface area contributed by atoms with Gasteiger partial charge in [0.15, 0.2) is 23.8 Å². The van der Waals surface area contributed by atoms with Gasteiger partial charge in [-0.25, -0.2) is 8.91 Å². The molecule has 164 valence electrons. The Morgan fingerprint density at radius 1 is 1.16 bits per heavy atom. The quantitative estimate of drug-likeness (QED) is 0.618. The molecule has 2 bridgehead atoms. The van der Waals surface area contributed by atoms with E-state index in [2.05, 4.69) is 25.3 Å². The fourth-order valence-corrected chi connectivity index (χ4v) is 4.64. The minimum absolute atomic E-state index is 0.0197. The highest BCUT2D eigenvalue weighted by molar-refractivity contribution is 5.56. The Bertz CT molecular complexity index is 1070. The number of nitrogens with zero attached hydrogens (tertiary/aromatic N) is 5. The minimum atomic E-state index is -4.44. The van der Waals surface area contributed by atoms with Gasteiger partial charge in [-0.2, -0.15) is 18.2 Å². The summed E-state index contributed by atoms with van der Waals surface area (Å²) in [5.41, 5.74) is 0.778. The lowest BCUT2D eigenvalue weighted by Crippen LogP contribution is -2.48. The second-order valence-electron chi connectivity index (χ2n) is 7.98. The molecule has 0 amide bonds. The van der Waals surface area contributed by atoms with Gasteiger partial charge >= 0.3 is 6.18 Å². The number of pyridine rings is 2. The Balaban J connectivity index is 1.32. The molecule has 3 aromatic heterocycles. The zero-order valence-electron chi connectivity index (χ0n) is 16.4. The van der Waals surface area contributed by atoms with Gasteiger partial charge in [-0.3, -0.25) is 4.98 Å². The third kappa shape index (κ3) is 3.96. The maximum Gasteiger partial charge on any atom is 0.422 e. The molecular formula is C20H20F4N6O. The summed E-state index contributed by atoms with van der Waals surface area (Å²) in [6.45, 7) is 0.00129. The highest BCUT2D eigenvalue weighted by atomic mass is 19.4. The van der Waals surface area contributed by atoms with Crippen LogP contribution in [0, 0.1) is 17.7 Å². The highest BCUT2D eigenvalue weighted by Crippen LogP contribution is 2.40. The smallest absolute Gasteiger partial charge is 0.422 e. The van der Waals surface area contributed by atoms with Gasteiger partial charge in [0.05, 0.1) is 11.9 Å². The lowest BCUT2D eigenvalue weighted by molar-refractivity contribution is -0.153. The van der Waals surface area contributed by atoms with Crippen LogP contribution in [-0.4, -0.2) is 51.5 Å². The van der Waals surface area contributed by atoms with Crippen molar-refractivity contribution in [2.75, 3.05) is 29.9 Å². The number of nitrogens with one attached hydrogen (secondary N) is 1. The first-order chi connectivity index (χ1) is 14.9. The number of alkyl halides is 3. The molecule has 0 spiro atoms. The van der Waals surface area contributed by atoms with Crippen LogP contribution < -0.4 is 15.0 Å². The van der Waals surface area contributed by atoms with E-state index < -0.39 is 12.8 Å². The predicted octanol–water partition coefficient (Wildman–Crippen LogP) is 3.53. The van der Waals surface area contributed by atoms with Crippen LogP contribution >= 0.6 is 0 Å². The molecule has 31 heavy (non-hydrogen) atoms. The zero-order chi connectivity index (χ0) is 21.6. The number of ether oxygens (including phenoxy) is 1. The summed E-state index contributed by atoms with van der Waals surface area (Å²) in [6, 6.07) is 4.79. The van der Waals surface area contributed by atoms with Gasteiger partial charge in [0, 0.05) is 31.5 Å². The fourth-order valence-electron chi connectivity index (χ4n) is 4.64. The predicted molar refractivity (Wildman–Crippen MR) is 105 cm³/mol. The summed E-state index contributed by atoms with van der Waals surface area (Å²) in [7, 11) is 0. The molecule has 1 N–H and O–H groups in total. The maximum atomic E-state index is 14.2. The molecule has 1 aliphatic heterocycles. The van der Waals surface area contributed by atoms with Crippen molar-refractivity contribution in [3.8, 4) is 5.75 Å². The molecular weight excluding hydrogens is 416 g/mol. The van der Waals surface area contributed by atoms with E-state index in [1.807, 2.05) is 0 Å². The molecule has 3 atom stereocenters. The number of aromatic nitrogens is 4. The molecule has 5 rings (SSSR count). The van der Waals surface area contributed by atoms with Gasteiger partial charge in [0.2, 0.25) is 5.95 Å². The van der Waals surface area contributed by atoms with Gasteiger partial charge in [0.1, 0.15) is 0 Å².